The molecule has 0 bridgehead atoms. The van der Waals surface area contributed by atoms with E-state index in [9.17, 15) is 4.79 Å². The van der Waals surface area contributed by atoms with Crippen LogP contribution in [0.4, 0.5) is 5.69 Å². The van der Waals surface area contributed by atoms with E-state index in [1.165, 1.54) is 6.08 Å². The second-order valence-corrected chi connectivity index (χ2v) is 7.77. The number of benzene rings is 2. The van der Waals surface area contributed by atoms with Gasteiger partial charge in [-0.3, -0.25) is 4.79 Å². The molecule has 0 fully saturated rings. The second kappa shape index (κ2) is 9.77. The maximum Gasteiger partial charge on any atom is 0.248 e. The average Bonchev–Trinajstić information content (AvgIpc) is 3.23. The van der Waals surface area contributed by atoms with Crippen LogP contribution < -0.4 is 10.1 Å². The van der Waals surface area contributed by atoms with Gasteiger partial charge in [0.25, 0.3) is 0 Å². The van der Waals surface area contributed by atoms with Crippen LogP contribution in [0, 0.1) is 6.92 Å². The van der Waals surface area contributed by atoms with Crippen molar-refractivity contribution in [2.75, 3.05) is 5.32 Å². The van der Waals surface area contributed by atoms with Crippen LogP contribution in [0.5, 0.6) is 5.75 Å². The summed E-state index contributed by atoms with van der Waals surface area (Å²) >= 11 is 1.60. The van der Waals surface area contributed by atoms with Crippen molar-refractivity contribution in [3.8, 4) is 17.1 Å². The first-order valence-corrected chi connectivity index (χ1v) is 10.5. The second-order valence-electron chi connectivity index (χ2n) is 6.70. The highest BCUT2D eigenvalue weighted by Crippen LogP contribution is 2.18. The lowest BCUT2D eigenvalue weighted by Gasteiger charge is -2.05. The highest BCUT2D eigenvalue weighted by atomic mass is 32.1. The highest BCUT2D eigenvalue weighted by molar-refractivity contribution is 7.09. The summed E-state index contributed by atoms with van der Waals surface area (Å²) in [6, 6.07) is 17.2. The average molecular weight is 429 g/mol. The fourth-order valence-corrected chi connectivity index (χ4v) is 3.42. The number of amides is 1. The zero-order valence-electron chi connectivity index (χ0n) is 16.9. The Labute approximate surface area is 184 Å². The zero-order chi connectivity index (χ0) is 21.5. The first-order valence-electron chi connectivity index (χ1n) is 9.66. The number of nitrogens with one attached hydrogen (secondary N) is 1. The Kier molecular flexibility index (Phi) is 6.44. The summed E-state index contributed by atoms with van der Waals surface area (Å²) in [6.07, 6.45) is 6.38. The number of hydrogen-bond acceptors (Lipinski definition) is 6. The van der Waals surface area contributed by atoms with Gasteiger partial charge in [0.05, 0.1) is 28.8 Å². The van der Waals surface area contributed by atoms with Crippen LogP contribution in [0.3, 0.4) is 0 Å². The van der Waals surface area contributed by atoms with Crippen LogP contribution in [0.2, 0.25) is 0 Å². The van der Waals surface area contributed by atoms with Crippen LogP contribution in [0.15, 0.2) is 78.4 Å². The number of aryl methyl sites for hydroxylation is 1. The van der Waals surface area contributed by atoms with Crippen molar-refractivity contribution < 1.29 is 9.53 Å². The van der Waals surface area contributed by atoms with Gasteiger partial charge in [-0.15, -0.1) is 11.3 Å². The van der Waals surface area contributed by atoms with E-state index >= 15 is 0 Å². The molecular weight excluding hydrogens is 408 g/mol. The Balaban J connectivity index is 1.33. The molecule has 0 saturated heterocycles. The first kappa shape index (κ1) is 20.4. The third kappa shape index (κ3) is 5.83. The number of rotatable bonds is 7. The molecule has 0 aliphatic rings. The van der Waals surface area contributed by atoms with Gasteiger partial charge in [0, 0.05) is 17.0 Å². The molecule has 4 rings (SSSR count). The van der Waals surface area contributed by atoms with E-state index in [-0.39, 0.29) is 5.91 Å². The van der Waals surface area contributed by atoms with Crippen LogP contribution >= 0.6 is 11.3 Å². The predicted octanol–water partition coefficient (Wildman–Crippen LogP) is 5.14. The zero-order valence-corrected chi connectivity index (χ0v) is 17.7. The molecule has 1 amide bonds. The molecule has 2 aromatic carbocycles. The van der Waals surface area contributed by atoms with Gasteiger partial charge in [-0.25, -0.2) is 15.0 Å². The number of nitrogens with zero attached hydrogens (tertiary/aromatic N) is 3. The Morgan fingerprint density at radius 3 is 2.65 bits per heavy atom. The van der Waals surface area contributed by atoms with Crippen molar-refractivity contribution in [1.29, 1.82) is 0 Å². The lowest BCUT2D eigenvalue weighted by Crippen LogP contribution is -2.08. The summed E-state index contributed by atoms with van der Waals surface area (Å²) in [5.41, 5.74) is 3.22. The van der Waals surface area contributed by atoms with E-state index in [2.05, 4.69) is 20.3 Å². The van der Waals surface area contributed by atoms with E-state index in [0.717, 1.165) is 27.6 Å². The number of carbonyl (C=O) groups excluding carboxylic acids is 1. The van der Waals surface area contributed by atoms with E-state index in [4.69, 9.17) is 4.74 Å². The lowest BCUT2D eigenvalue weighted by molar-refractivity contribution is -0.111. The number of thiazole rings is 1. The van der Waals surface area contributed by atoms with Crippen molar-refractivity contribution in [3.63, 3.8) is 0 Å². The van der Waals surface area contributed by atoms with E-state index in [1.54, 1.807) is 29.8 Å². The normalized spacial score (nSPS) is 10.9. The molecule has 6 nitrogen and oxygen atoms in total. The smallest absolute Gasteiger partial charge is 0.248 e. The largest absolute Gasteiger partial charge is 0.487 e. The molecule has 0 saturated carbocycles. The number of anilines is 1. The number of ether oxygens (including phenoxy) is 1. The van der Waals surface area contributed by atoms with Crippen LogP contribution in [0.25, 0.3) is 17.5 Å². The quantitative estimate of drug-likeness (QED) is 0.413. The van der Waals surface area contributed by atoms with E-state index in [0.29, 0.717) is 18.1 Å². The SMILES string of the molecule is Cc1nc(COc2cccc(/C=C/C(=O)Nc3cnc(-c4ccccc4)nc3)c2)cs1. The van der Waals surface area contributed by atoms with Gasteiger partial charge in [0.15, 0.2) is 5.82 Å². The van der Waals surface area contributed by atoms with Crippen molar-refractivity contribution in [1.82, 2.24) is 15.0 Å². The summed E-state index contributed by atoms with van der Waals surface area (Å²) in [5.74, 6) is 1.07. The fraction of sp³-hybridized carbons (Fsp3) is 0.0833. The Morgan fingerprint density at radius 1 is 1.10 bits per heavy atom. The predicted molar refractivity (Wildman–Crippen MR) is 123 cm³/mol. The monoisotopic (exact) mass is 428 g/mol. The van der Waals surface area contributed by atoms with Crippen molar-refractivity contribution in [2.45, 2.75) is 13.5 Å². The molecule has 2 heterocycles. The van der Waals surface area contributed by atoms with Gasteiger partial charge >= 0.3 is 0 Å². The number of hydrogen-bond donors (Lipinski definition) is 1. The Hall–Kier alpha value is -3.84. The minimum atomic E-state index is -0.264. The van der Waals surface area contributed by atoms with Gasteiger partial charge in [-0.05, 0) is 30.7 Å². The third-order valence-electron chi connectivity index (χ3n) is 4.29. The topological polar surface area (TPSA) is 77.0 Å². The molecule has 0 radical (unpaired) electrons. The molecule has 0 unspecified atom stereocenters. The summed E-state index contributed by atoms with van der Waals surface area (Å²) < 4.78 is 5.79. The van der Waals surface area contributed by atoms with Gasteiger partial charge in [0.2, 0.25) is 5.91 Å². The highest BCUT2D eigenvalue weighted by Gasteiger charge is 2.04. The minimum Gasteiger partial charge on any atom is -0.487 e. The molecule has 0 atom stereocenters. The summed E-state index contributed by atoms with van der Waals surface area (Å²) in [4.78, 5) is 25.2. The molecule has 1 N–H and O–H groups in total. The minimum absolute atomic E-state index is 0.264. The standard InChI is InChI=1S/C24H20N4O2S/c1-17-27-21(16-31-17)15-30-22-9-5-6-18(12-22)10-11-23(29)28-20-13-25-24(26-14-20)19-7-3-2-4-8-19/h2-14,16H,15H2,1H3,(H,28,29)/b11-10+. The van der Waals surface area contributed by atoms with Gasteiger partial charge in [0.1, 0.15) is 12.4 Å². The fourth-order valence-electron chi connectivity index (χ4n) is 2.82. The maximum atomic E-state index is 12.2. The molecule has 7 heteroatoms. The molecule has 2 aromatic heterocycles. The molecule has 0 spiro atoms. The molecule has 0 aliphatic heterocycles. The Bertz CT molecular complexity index is 1190. The van der Waals surface area contributed by atoms with Crippen molar-refractivity contribution in [2.24, 2.45) is 0 Å². The molecule has 154 valence electrons. The molecule has 0 aliphatic carbocycles. The van der Waals surface area contributed by atoms with Gasteiger partial charge < -0.3 is 10.1 Å². The summed E-state index contributed by atoms with van der Waals surface area (Å²) in [5, 5.41) is 5.77. The molecular formula is C24H20N4O2S. The summed E-state index contributed by atoms with van der Waals surface area (Å²) in [6.45, 7) is 2.38. The van der Waals surface area contributed by atoms with Crippen molar-refractivity contribution in [3.05, 3.63) is 94.7 Å². The lowest BCUT2D eigenvalue weighted by atomic mass is 10.2. The van der Waals surface area contributed by atoms with E-state index in [1.807, 2.05) is 66.9 Å². The van der Waals surface area contributed by atoms with Gasteiger partial charge in [-0.2, -0.15) is 0 Å². The number of carbonyl (C=O) groups is 1. The van der Waals surface area contributed by atoms with E-state index < -0.39 is 0 Å². The summed E-state index contributed by atoms with van der Waals surface area (Å²) in [7, 11) is 0. The third-order valence-corrected chi connectivity index (χ3v) is 5.11. The molecule has 31 heavy (non-hydrogen) atoms. The molecule has 4 aromatic rings. The van der Waals surface area contributed by atoms with Crippen molar-refractivity contribution >= 4 is 29.0 Å². The van der Waals surface area contributed by atoms with Gasteiger partial charge in [-0.1, -0.05) is 42.5 Å². The Morgan fingerprint density at radius 2 is 1.90 bits per heavy atom. The van der Waals surface area contributed by atoms with Crippen LogP contribution in [-0.2, 0) is 11.4 Å². The van der Waals surface area contributed by atoms with Crippen LogP contribution in [-0.4, -0.2) is 20.9 Å². The first-order chi connectivity index (χ1) is 15.2. The number of aromatic nitrogens is 3. The van der Waals surface area contributed by atoms with Crippen LogP contribution in [0.1, 0.15) is 16.3 Å². The maximum absolute atomic E-state index is 12.2.